The fourth-order valence-corrected chi connectivity index (χ4v) is 5.23. The van der Waals surface area contributed by atoms with Gasteiger partial charge in [-0.1, -0.05) is 12.1 Å². The number of hydrogen-bond donors (Lipinski definition) is 0. The summed E-state index contributed by atoms with van der Waals surface area (Å²) in [5.41, 5.74) is 1.56. The SMILES string of the molecule is CN1C(=O)S/C(=C\c2cc(I)c(OCc3cccc(F)c3)c(I)c2)C1=O. The Morgan fingerprint density at radius 1 is 1.19 bits per heavy atom. The Bertz CT molecular complexity index is 909. The van der Waals surface area contributed by atoms with E-state index in [4.69, 9.17) is 4.74 Å². The highest BCUT2D eigenvalue weighted by molar-refractivity contribution is 14.1. The van der Waals surface area contributed by atoms with Crippen LogP contribution in [0.2, 0.25) is 0 Å². The molecule has 2 aromatic carbocycles. The number of thioether (sulfide) groups is 1. The number of carbonyl (C=O) groups is 2. The summed E-state index contributed by atoms with van der Waals surface area (Å²) in [6.45, 7) is 0.262. The van der Waals surface area contributed by atoms with Crippen molar-refractivity contribution in [3.8, 4) is 5.75 Å². The van der Waals surface area contributed by atoms with E-state index in [1.54, 1.807) is 18.2 Å². The highest BCUT2D eigenvalue weighted by Gasteiger charge is 2.31. The van der Waals surface area contributed by atoms with Crippen molar-refractivity contribution < 1.29 is 18.7 Å². The number of halogens is 3. The van der Waals surface area contributed by atoms with Gasteiger partial charge in [-0.3, -0.25) is 14.5 Å². The maximum Gasteiger partial charge on any atom is 0.293 e. The summed E-state index contributed by atoms with van der Waals surface area (Å²) in [7, 11) is 1.47. The van der Waals surface area contributed by atoms with Crippen molar-refractivity contribution in [2.45, 2.75) is 6.61 Å². The van der Waals surface area contributed by atoms with E-state index in [0.717, 1.165) is 34.9 Å². The Balaban J connectivity index is 1.80. The number of benzene rings is 2. The molecule has 2 aromatic rings. The molecule has 8 heteroatoms. The van der Waals surface area contributed by atoms with Crippen molar-refractivity contribution in [1.82, 2.24) is 4.90 Å². The fraction of sp³-hybridized carbons (Fsp3) is 0.111. The number of ether oxygens (including phenoxy) is 1. The minimum Gasteiger partial charge on any atom is -0.487 e. The number of amides is 2. The van der Waals surface area contributed by atoms with E-state index in [2.05, 4.69) is 45.2 Å². The molecule has 3 rings (SSSR count). The van der Waals surface area contributed by atoms with Crippen LogP contribution < -0.4 is 4.74 Å². The molecule has 1 aliphatic heterocycles. The molecule has 0 bridgehead atoms. The van der Waals surface area contributed by atoms with Gasteiger partial charge >= 0.3 is 0 Å². The summed E-state index contributed by atoms with van der Waals surface area (Å²) in [5.74, 6) is 0.114. The Morgan fingerprint density at radius 2 is 1.88 bits per heavy atom. The highest BCUT2D eigenvalue weighted by atomic mass is 127. The number of carbonyl (C=O) groups excluding carboxylic acids is 2. The molecule has 0 aromatic heterocycles. The van der Waals surface area contributed by atoms with Crippen molar-refractivity contribution in [3.05, 3.63) is 65.4 Å². The second kappa shape index (κ2) is 8.26. The highest BCUT2D eigenvalue weighted by Crippen LogP contribution is 2.34. The van der Waals surface area contributed by atoms with Gasteiger partial charge in [0.05, 0.1) is 12.0 Å². The van der Waals surface area contributed by atoms with Crippen LogP contribution in [0.25, 0.3) is 6.08 Å². The Hall–Kier alpha value is -1.14. The summed E-state index contributed by atoms with van der Waals surface area (Å²) < 4.78 is 20.9. The zero-order chi connectivity index (χ0) is 18.8. The van der Waals surface area contributed by atoms with Gasteiger partial charge in [0.2, 0.25) is 0 Å². The lowest BCUT2D eigenvalue weighted by Gasteiger charge is -2.12. The maximum absolute atomic E-state index is 13.3. The summed E-state index contributed by atoms with van der Waals surface area (Å²) >= 11 is 5.25. The molecular formula is C18H12FI2NO3S. The quantitative estimate of drug-likeness (QED) is 0.357. The molecule has 134 valence electrons. The molecule has 2 amide bonds. The molecule has 26 heavy (non-hydrogen) atoms. The third-order valence-electron chi connectivity index (χ3n) is 3.58. The Labute approximate surface area is 181 Å². The first-order chi connectivity index (χ1) is 12.3. The number of rotatable bonds is 4. The average molecular weight is 595 g/mol. The monoisotopic (exact) mass is 595 g/mol. The first-order valence-corrected chi connectivity index (χ1v) is 10.4. The molecule has 0 N–H and O–H groups in total. The van der Waals surface area contributed by atoms with Crippen molar-refractivity contribution >= 4 is 74.2 Å². The molecule has 1 heterocycles. The van der Waals surface area contributed by atoms with Crippen LogP contribution in [0.5, 0.6) is 5.75 Å². The van der Waals surface area contributed by atoms with Crippen LogP contribution in [0.3, 0.4) is 0 Å². The number of hydrogen-bond acceptors (Lipinski definition) is 4. The van der Waals surface area contributed by atoms with E-state index in [-0.39, 0.29) is 23.6 Å². The molecule has 0 spiro atoms. The normalized spacial score (nSPS) is 15.8. The standard InChI is InChI=1S/C18H12FI2NO3S/c1-22-17(23)15(26-18(22)24)8-11-6-13(20)16(14(21)7-11)25-9-10-3-2-4-12(19)5-10/h2-8H,9H2,1H3/b15-8-. The lowest BCUT2D eigenvalue weighted by atomic mass is 10.2. The van der Waals surface area contributed by atoms with E-state index in [1.165, 1.54) is 19.2 Å². The summed E-state index contributed by atoms with van der Waals surface area (Å²) in [4.78, 5) is 25.1. The number of imide groups is 1. The van der Waals surface area contributed by atoms with E-state index in [1.807, 2.05) is 12.1 Å². The molecule has 1 saturated heterocycles. The summed E-state index contributed by atoms with van der Waals surface area (Å²) in [6.07, 6.45) is 1.70. The Kier molecular flexibility index (Phi) is 6.23. The lowest BCUT2D eigenvalue weighted by Crippen LogP contribution is -2.22. The number of likely N-dealkylation sites (N-methyl/N-ethyl adjacent to an activating group) is 1. The fourth-order valence-electron chi connectivity index (χ4n) is 2.28. The molecule has 0 unspecified atom stereocenters. The van der Waals surface area contributed by atoms with E-state index in [0.29, 0.717) is 10.7 Å². The van der Waals surface area contributed by atoms with Crippen molar-refractivity contribution in [1.29, 1.82) is 0 Å². The average Bonchev–Trinajstić information content (AvgIpc) is 2.81. The molecule has 1 aliphatic rings. The van der Waals surface area contributed by atoms with E-state index >= 15 is 0 Å². The van der Waals surface area contributed by atoms with Crippen LogP contribution in [0.4, 0.5) is 9.18 Å². The first kappa shape index (κ1) is 19.6. The van der Waals surface area contributed by atoms with Gasteiger partial charge in [0.15, 0.2) is 0 Å². The second-order valence-electron chi connectivity index (χ2n) is 5.47. The van der Waals surface area contributed by atoms with Gasteiger partial charge < -0.3 is 4.74 Å². The topological polar surface area (TPSA) is 46.6 Å². The zero-order valence-corrected chi connectivity index (χ0v) is 18.6. The lowest BCUT2D eigenvalue weighted by molar-refractivity contribution is -0.121. The largest absolute Gasteiger partial charge is 0.487 e. The molecule has 0 saturated carbocycles. The van der Waals surface area contributed by atoms with Crippen LogP contribution in [0, 0.1) is 13.0 Å². The zero-order valence-electron chi connectivity index (χ0n) is 13.5. The number of nitrogens with zero attached hydrogens (tertiary/aromatic N) is 1. The van der Waals surface area contributed by atoms with Crippen molar-refractivity contribution in [2.75, 3.05) is 7.05 Å². The van der Waals surface area contributed by atoms with Crippen molar-refractivity contribution in [3.63, 3.8) is 0 Å². The van der Waals surface area contributed by atoms with Crippen molar-refractivity contribution in [2.24, 2.45) is 0 Å². The predicted molar refractivity (Wildman–Crippen MR) is 116 cm³/mol. The summed E-state index contributed by atoms with van der Waals surface area (Å²) in [5, 5.41) is -0.277. The van der Waals surface area contributed by atoms with Crippen LogP contribution >= 0.6 is 56.9 Å². The summed E-state index contributed by atoms with van der Waals surface area (Å²) in [6, 6.07) is 10.0. The van der Waals surface area contributed by atoms with Gasteiger partial charge in [-0.2, -0.15) is 0 Å². The molecule has 4 nitrogen and oxygen atoms in total. The minimum absolute atomic E-state index is 0.262. The van der Waals surface area contributed by atoms with E-state index in [9.17, 15) is 14.0 Å². The van der Waals surface area contributed by atoms with Gasteiger partial charge in [-0.05, 0) is 98.4 Å². The molecular weight excluding hydrogens is 583 g/mol. The third-order valence-corrected chi connectivity index (χ3v) is 6.14. The maximum atomic E-state index is 13.3. The predicted octanol–water partition coefficient (Wildman–Crippen LogP) is 5.28. The van der Waals surface area contributed by atoms with Crippen LogP contribution in [0.15, 0.2) is 41.3 Å². The van der Waals surface area contributed by atoms with Gasteiger partial charge in [0, 0.05) is 7.05 Å². The van der Waals surface area contributed by atoms with Gasteiger partial charge in [0.1, 0.15) is 18.2 Å². The van der Waals surface area contributed by atoms with Crippen LogP contribution in [-0.4, -0.2) is 23.1 Å². The third kappa shape index (κ3) is 4.39. The van der Waals surface area contributed by atoms with Gasteiger partial charge in [0.25, 0.3) is 11.1 Å². The minimum atomic E-state index is -0.296. The second-order valence-corrected chi connectivity index (χ2v) is 8.79. The van der Waals surface area contributed by atoms with E-state index < -0.39 is 0 Å². The van der Waals surface area contributed by atoms with Crippen LogP contribution in [0.1, 0.15) is 11.1 Å². The molecule has 1 fully saturated rings. The van der Waals surface area contributed by atoms with Gasteiger partial charge in [-0.15, -0.1) is 0 Å². The smallest absolute Gasteiger partial charge is 0.293 e. The van der Waals surface area contributed by atoms with Gasteiger partial charge in [-0.25, -0.2) is 4.39 Å². The van der Waals surface area contributed by atoms with Crippen LogP contribution in [-0.2, 0) is 11.4 Å². The molecule has 0 aliphatic carbocycles. The molecule has 0 radical (unpaired) electrons. The molecule has 0 atom stereocenters. The first-order valence-electron chi connectivity index (χ1n) is 7.43. The Morgan fingerprint density at radius 3 is 2.46 bits per heavy atom.